The van der Waals surface area contributed by atoms with E-state index in [9.17, 15) is 14.4 Å². The van der Waals surface area contributed by atoms with Crippen molar-refractivity contribution in [3.63, 3.8) is 0 Å². The van der Waals surface area contributed by atoms with Gasteiger partial charge in [-0.2, -0.15) is 0 Å². The topological polar surface area (TPSA) is 87.7 Å². The third kappa shape index (κ3) is 4.88. The number of carbonyl (C=O) groups is 2. The Morgan fingerprint density at radius 3 is 2.44 bits per heavy atom. The minimum Gasteiger partial charge on any atom is -0.455 e. The standard InChI is InChI=1S/C29H29NO6/c1-18-16-24(20(3)30(18)14-9-15-34-4)25(31)17-35-29(33)23-13-8-12-22-26(32)19(2)27(36-28(22)23)21-10-6-5-7-11-21/h5-8,10-13,16H,9,14-15,17H2,1-4H3. The van der Waals surface area contributed by atoms with Crippen LogP contribution in [0.2, 0.25) is 0 Å². The quantitative estimate of drug-likeness (QED) is 0.182. The first-order valence-electron chi connectivity index (χ1n) is 11.8. The molecule has 0 aliphatic heterocycles. The van der Waals surface area contributed by atoms with Crippen molar-refractivity contribution in [3.8, 4) is 11.3 Å². The SMILES string of the molecule is COCCCn1c(C)cc(C(=O)COC(=O)c2cccc3c(=O)c(C)c(-c4ccccc4)oc23)c1C. The number of nitrogens with zero attached hydrogens (tertiary/aromatic N) is 1. The number of esters is 1. The molecule has 2 aromatic carbocycles. The third-order valence-electron chi connectivity index (χ3n) is 6.34. The van der Waals surface area contributed by atoms with Crippen molar-refractivity contribution in [1.82, 2.24) is 4.57 Å². The Morgan fingerprint density at radius 2 is 1.72 bits per heavy atom. The number of benzene rings is 2. The second-order valence-corrected chi connectivity index (χ2v) is 8.72. The molecule has 0 spiro atoms. The maximum absolute atomic E-state index is 13.0. The predicted octanol–water partition coefficient (Wildman–Crippen LogP) is 5.26. The summed E-state index contributed by atoms with van der Waals surface area (Å²) in [6.07, 6.45) is 0.826. The van der Waals surface area contributed by atoms with Crippen LogP contribution < -0.4 is 5.43 Å². The molecule has 0 saturated heterocycles. The summed E-state index contributed by atoms with van der Waals surface area (Å²) in [5, 5.41) is 0.285. The predicted molar refractivity (Wildman–Crippen MR) is 138 cm³/mol. The fraction of sp³-hybridized carbons (Fsp3) is 0.276. The van der Waals surface area contributed by atoms with Gasteiger partial charge >= 0.3 is 5.97 Å². The molecule has 0 amide bonds. The van der Waals surface area contributed by atoms with Crippen LogP contribution in [0.25, 0.3) is 22.3 Å². The average Bonchev–Trinajstić information content (AvgIpc) is 3.18. The highest BCUT2D eigenvalue weighted by molar-refractivity contribution is 6.04. The van der Waals surface area contributed by atoms with Gasteiger partial charge in [-0.15, -0.1) is 0 Å². The van der Waals surface area contributed by atoms with E-state index in [0.29, 0.717) is 23.5 Å². The van der Waals surface area contributed by atoms with Crippen LogP contribution in [-0.4, -0.2) is 36.6 Å². The first-order valence-corrected chi connectivity index (χ1v) is 11.8. The molecule has 186 valence electrons. The van der Waals surface area contributed by atoms with Gasteiger partial charge in [-0.1, -0.05) is 36.4 Å². The Morgan fingerprint density at radius 1 is 0.972 bits per heavy atom. The summed E-state index contributed by atoms with van der Waals surface area (Å²) in [4.78, 5) is 39.0. The number of ether oxygens (including phenoxy) is 2. The van der Waals surface area contributed by atoms with Gasteiger partial charge in [0.25, 0.3) is 0 Å². The highest BCUT2D eigenvalue weighted by Gasteiger charge is 2.21. The highest BCUT2D eigenvalue weighted by Crippen LogP contribution is 2.27. The van der Waals surface area contributed by atoms with Crippen molar-refractivity contribution in [2.45, 2.75) is 33.7 Å². The molecule has 0 radical (unpaired) electrons. The maximum atomic E-state index is 13.0. The molecular weight excluding hydrogens is 458 g/mol. The number of Topliss-reactive ketones (excluding diaryl/α,β-unsaturated/α-hetero) is 1. The number of aromatic nitrogens is 1. The van der Waals surface area contributed by atoms with E-state index in [2.05, 4.69) is 4.57 Å². The Labute approximate surface area is 209 Å². The van der Waals surface area contributed by atoms with Gasteiger partial charge in [-0.05, 0) is 45.4 Å². The molecule has 2 aromatic heterocycles. The van der Waals surface area contributed by atoms with Crippen LogP contribution in [0.4, 0.5) is 0 Å². The van der Waals surface area contributed by atoms with E-state index in [1.807, 2.05) is 50.2 Å². The third-order valence-corrected chi connectivity index (χ3v) is 6.34. The van der Waals surface area contributed by atoms with Crippen LogP contribution in [0.1, 0.15) is 44.1 Å². The molecule has 7 nitrogen and oxygen atoms in total. The number of aryl methyl sites for hydroxylation is 1. The largest absolute Gasteiger partial charge is 0.455 e. The highest BCUT2D eigenvalue weighted by atomic mass is 16.5. The smallest absolute Gasteiger partial charge is 0.342 e. The number of fused-ring (bicyclic) bond motifs is 1. The average molecular weight is 488 g/mol. The van der Waals surface area contributed by atoms with E-state index in [1.165, 1.54) is 6.07 Å². The summed E-state index contributed by atoms with van der Waals surface area (Å²) >= 11 is 0. The lowest BCUT2D eigenvalue weighted by Gasteiger charge is -2.11. The van der Waals surface area contributed by atoms with Crippen molar-refractivity contribution >= 4 is 22.7 Å². The summed E-state index contributed by atoms with van der Waals surface area (Å²) < 4.78 is 18.7. The molecule has 0 aliphatic rings. The van der Waals surface area contributed by atoms with E-state index in [4.69, 9.17) is 13.9 Å². The monoisotopic (exact) mass is 487 g/mol. The Balaban J connectivity index is 1.59. The Bertz CT molecular complexity index is 1480. The second kappa shape index (κ2) is 10.7. The molecule has 0 N–H and O–H groups in total. The van der Waals surface area contributed by atoms with E-state index < -0.39 is 12.6 Å². The molecule has 0 bridgehead atoms. The molecule has 0 fully saturated rings. The van der Waals surface area contributed by atoms with Gasteiger partial charge in [-0.25, -0.2) is 4.79 Å². The van der Waals surface area contributed by atoms with E-state index in [-0.39, 0.29) is 27.7 Å². The van der Waals surface area contributed by atoms with Gasteiger partial charge < -0.3 is 18.5 Å². The second-order valence-electron chi connectivity index (χ2n) is 8.72. The molecule has 0 aliphatic carbocycles. The molecule has 2 heterocycles. The first-order chi connectivity index (χ1) is 17.3. The van der Waals surface area contributed by atoms with Crippen molar-refractivity contribution < 1.29 is 23.5 Å². The van der Waals surface area contributed by atoms with Gasteiger partial charge in [0, 0.05) is 48.3 Å². The molecule has 0 unspecified atom stereocenters. The number of rotatable bonds is 9. The minimum absolute atomic E-state index is 0.0969. The Kier molecular flexibility index (Phi) is 7.50. The molecular formula is C29H29NO6. The molecule has 0 atom stereocenters. The summed E-state index contributed by atoms with van der Waals surface area (Å²) in [7, 11) is 1.66. The number of para-hydroxylation sites is 1. The van der Waals surface area contributed by atoms with Crippen LogP contribution >= 0.6 is 0 Å². The zero-order valence-corrected chi connectivity index (χ0v) is 20.9. The van der Waals surface area contributed by atoms with E-state index in [1.54, 1.807) is 26.2 Å². The van der Waals surface area contributed by atoms with Crippen LogP contribution in [0.15, 0.2) is 63.8 Å². The first kappa shape index (κ1) is 25.1. The summed E-state index contributed by atoms with van der Waals surface area (Å²) in [6.45, 7) is 6.46. The minimum atomic E-state index is -0.728. The lowest BCUT2D eigenvalue weighted by molar-refractivity contribution is 0.0475. The van der Waals surface area contributed by atoms with Crippen molar-refractivity contribution in [2.24, 2.45) is 0 Å². The maximum Gasteiger partial charge on any atom is 0.342 e. The molecule has 4 rings (SSSR count). The van der Waals surface area contributed by atoms with Crippen molar-refractivity contribution in [3.05, 3.63) is 92.9 Å². The normalized spacial score (nSPS) is 11.1. The molecule has 4 aromatic rings. The van der Waals surface area contributed by atoms with E-state index >= 15 is 0 Å². The van der Waals surface area contributed by atoms with Gasteiger partial charge in [-0.3, -0.25) is 9.59 Å². The van der Waals surface area contributed by atoms with Gasteiger partial charge in [0.15, 0.2) is 17.6 Å². The Hall–Kier alpha value is -3.97. The summed E-state index contributed by atoms with van der Waals surface area (Å²) in [5.41, 5.74) is 3.50. The summed E-state index contributed by atoms with van der Waals surface area (Å²) in [5.74, 6) is -0.629. The van der Waals surface area contributed by atoms with Crippen molar-refractivity contribution in [1.29, 1.82) is 0 Å². The number of carbonyl (C=O) groups excluding carboxylic acids is 2. The summed E-state index contributed by atoms with van der Waals surface area (Å²) in [6, 6.07) is 15.8. The zero-order valence-electron chi connectivity index (χ0n) is 20.9. The van der Waals surface area contributed by atoms with Crippen LogP contribution in [0.5, 0.6) is 0 Å². The fourth-order valence-electron chi connectivity index (χ4n) is 4.42. The number of hydrogen-bond acceptors (Lipinski definition) is 6. The van der Waals surface area contributed by atoms with Crippen LogP contribution in [-0.2, 0) is 16.0 Å². The molecule has 36 heavy (non-hydrogen) atoms. The fourth-order valence-corrected chi connectivity index (χ4v) is 4.42. The zero-order chi connectivity index (χ0) is 25.8. The van der Waals surface area contributed by atoms with Gasteiger partial charge in [0.2, 0.25) is 5.78 Å². The number of ketones is 1. The lowest BCUT2D eigenvalue weighted by Crippen LogP contribution is -2.16. The van der Waals surface area contributed by atoms with Gasteiger partial charge in [0.05, 0.1) is 5.39 Å². The van der Waals surface area contributed by atoms with Crippen LogP contribution in [0, 0.1) is 20.8 Å². The van der Waals surface area contributed by atoms with Gasteiger partial charge in [0.1, 0.15) is 11.3 Å². The van der Waals surface area contributed by atoms with Crippen LogP contribution in [0.3, 0.4) is 0 Å². The van der Waals surface area contributed by atoms with Crippen molar-refractivity contribution in [2.75, 3.05) is 20.3 Å². The molecule has 7 heteroatoms. The number of methoxy groups -OCH3 is 1. The molecule has 0 saturated carbocycles. The lowest BCUT2D eigenvalue weighted by atomic mass is 10.0. The van der Waals surface area contributed by atoms with E-state index in [0.717, 1.165) is 29.9 Å². The number of hydrogen-bond donors (Lipinski definition) is 0.